The summed E-state index contributed by atoms with van der Waals surface area (Å²) >= 11 is 0. The van der Waals surface area contributed by atoms with Crippen molar-refractivity contribution in [3.63, 3.8) is 0 Å². The highest BCUT2D eigenvalue weighted by molar-refractivity contribution is 5.87. The maximum absolute atomic E-state index is 4.91. The van der Waals surface area contributed by atoms with Crippen LogP contribution in [0.4, 0.5) is 17.5 Å². The fourth-order valence-electron chi connectivity index (χ4n) is 4.31. The Morgan fingerprint density at radius 2 is 1.76 bits per heavy atom. The van der Waals surface area contributed by atoms with Crippen LogP contribution in [0.1, 0.15) is 47.6 Å². The second-order valence-corrected chi connectivity index (χ2v) is 9.18. The fourth-order valence-corrected chi connectivity index (χ4v) is 4.31. The molecule has 0 aliphatic heterocycles. The summed E-state index contributed by atoms with van der Waals surface area (Å²) in [6.45, 7) is 14.9. The third kappa shape index (κ3) is 4.90. The van der Waals surface area contributed by atoms with Crippen LogP contribution >= 0.6 is 0 Å². The lowest BCUT2D eigenvalue weighted by Gasteiger charge is -2.30. The molecule has 8 nitrogen and oxygen atoms in total. The van der Waals surface area contributed by atoms with E-state index in [1.807, 2.05) is 24.4 Å². The minimum absolute atomic E-state index is 0.180. The fraction of sp³-hybridized carbons (Fsp3) is 0.440. The third-order valence-electron chi connectivity index (χ3n) is 5.84. The first-order valence-electron chi connectivity index (χ1n) is 11.7. The number of rotatable bonds is 9. The number of nitrogens with one attached hydrogen (secondary N) is 2. The first-order chi connectivity index (χ1) is 15.8. The highest BCUT2D eigenvalue weighted by Crippen LogP contribution is 2.29. The molecule has 0 atom stereocenters. The number of hydrogen-bond donors (Lipinski definition) is 2. The maximum atomic E-state index is 4.91. The van der Waals surface area contributed by atoms with E-state index in [2.05, 4.69) is 88.7 Å². The number of imidazole rings is 1. The Morgan fingerprint density at radius 1 is 0.970 bits per heavy atom. The Morgan fingerprint density at radius 3 is 2.48 bits per heavy atom. The molecule has 33 heavy (non-hydrogen) atoms. The molecule has 8 heteroatoms. The van der Waals surface area contributed by atoms with Crippen LogP contribution < -0.4 is 10.6 Å². The number of hydrogen-bond acceptors (Lipinski definition) is 7. The van der Waals surface area contributed by atoms with Gasteiger partial charge in [-0.05, 0) is 65.8 Å². The van der Waals surface area contributed by atoms with Gasteiger partial charge in [-0.2, -0.15) is 0 Å². The van der Waals surface area contributed by atoms with Crippen LogP contribution in [-0.2, 0) is 0 Å². The van der Waals surface area contributed by atoms with Crippen LogP contribution in [0.2, 0.25) is 0 Å². The number of aromatic nitrogens is 5. The molecular weight excluding hydrogens is 412 g/mol. The lowest BCUT2D eigenvalue weighted by Crippen LogP contribution is -2.40. The van der Waals surface area contributed by atoms with Gasteiger partial charge in [0.05, 0.1) is 5.52 Å². The van der Waals surface area contributed by atoms with Gasteiger partial charge in [0.15, 0.2) is 17.0 Å². The van der Waals surface area contributed by atoms with E-state index < -0.39 is 0 Å². The molecule has 0 amide bonds. The highest BCUT2D eigenvalue weighted by atomic mass is 15.3. The summed E-state index contributed by atoms with van der Waals surface area (Å²) in [6, 6.07) is 11.3. The van der Waals surface area contributed by atoms with Gasteiger partial charge in [-0.25, -0.2) is 15.0 Å². The second kappa shape index (κ2) is 9.70. The summed E-state index contributed by atoms with van der Waals surface area (Å²) < 4.78 is 2.12. The van der Waals surface area contributed by atoms with E-state index in [4.69, 9.17) is 4.98 Å². The molecule has 0 aliphatic carbocycles. The summed E-state index contributed by atoms with van der Waals surface area (Å²) in [5.74, 6) is 1.51. The zero-order chi connectivity index (χ0) is 23.5. The van der Waals surface area contributed by atoms with Crippen LogP contribution in [0.3, 0.4) is 0 Å². The number of fused-ring (bicyclic) bond motifs is 2. The zero-order valence-corrected chi connectivity index (χ0v) is 20.4. The molecule has 174 valence electrons. The summed E-state index contributed by atoms with van der Waals surface area (Å²) in [5, 5.41) is 8.06. The Kier molecular flexibility index (Phi) is 6.74. The number of nitrogens with zero attached hydrogens (tertiary/aromatic N) is 6. The molecule has 4 rings (SSSR count). The van der Waals surface area contributed by atoms with Gasteiger partial charge in [-0.3, -0.25) is 14.5 Å². The summed E-state index contributed by atoms with van der Waals surface area (Å²) in [5.41, 5.74) is 3.52. The minimum atomic E-state index is 0.180. The molecule has 0 fully saturated rings. The topological polar surface area (TPSA) is 83.8 Å². The van der Waals surface area contributed by atoms with Crippen molar-refractivity contribution in [2.24, 2.45) is 0 Å². The molecule has 2 N–H and O–H groups in total. The first kappa shape index (κ1) is 22.9. The molecule has 0 bridgehead atoms. The van der Waals surface area contributed by atoms with E-state index >= 15 is 0 Å². The Labute approximate surface area is 195 Å². The van der Waals surface area contributed by atoms with Gasteiger partial charge in [-0.15, -0.1) is 0 Å². The van der Waals surface area contributed by atoms with Gasteiger partial charge in [0.2, 0.25) is 5.95 Å². The van der Waals surface area contributed by atoms with Crippen molar-refractivity contribution in [3.8, 4) is 0 Å². The van der Waals surface area contributed by atoms with E-state index in [1.165, 1.54) is 0 Å². The predicted octanol–water partition coefficient (Wildman–Crippen LogP) is 5.23. The molecule has 0 aliphatic rings. The smallest absolute Gasteiger partial charge is 0.210 e. The molecule has 3 heterocycles. The molecule has 0 saturated carbocycles. The quantitative estimate of drug-likeness (QED) is 0.364. The Bertz CT molecular complexity index is 1220. The van der Waals surface area contributed by atoms with Gasteiger partial charge in [0.25, 0.3) is 0 Å². The van der Waals surface area contributed by atoms with Crippen LogP contribution in [0.5, 0.6) is 0 Å². The van der Waals surface area contributed by atoms with E-state index in [1.54, 1.807) is 6.33 Å². The van der Waals surface area contributed by atoms with Crippen molar-refractivity contribution >= 4 is 39.5 Å². The first-order valence-corrected chi connectivity index (χ1v) is 11.7. The summed E-state index contributed by atoms with van der Waals surface area (Å²) in [6.07, 6.45) is 3.42. The maximum Gasteiger partial charge on any atom is 0.210 e. The van der Waals surface area contributed by atoms with Crippen molar-refractivity contribution in [2.75, 3.05) is 23.7 Å². The van der Waals surface area contributed by atoms with Gasteiger partial charge in [-0.1, -0.05) is 6.07 Å². The number of benzene rings is 1. The molecule has 1 aromatic carbocycles. The molecule has 3 aromatic heterocycles. The Hall–Kier alpha value is -3.26. The van der Waals surface area contributed by atoms with Crippen molar-refractivity contribution < 1.29 is 0 Å². The molecular formula is C25H34N8. The molecule has 0 unspecified atom stereocenters. The van der Waals surface area contributed by atoms with Crippen molar-refractivity contribution in [1.82, 2.24) is 29.4 Å². The SMILES string of the molecule is CC(C)N(CCNc1ncnc2c1nc(Nc1ccc3ncccc3c1)n2C(C)C)C(C)C. The average molecular weight is 447 g/mol. The Balaban J connectivity index is 1.62. The minimum Gasteiger partial charge on any atom is -0.367 e. The van der Waals surface area contributed by atoms with E-state index in [0.29, 0.717) is 12.1 Å². The van der Waals surface area contributed by atoms with Crippen LogP contribution in [0.25, 0.3) is 22.1 Å². The van der Waals surface area contributed by atoms with Gasteiger partial charge in [0.1, 0.15) is 6.33 Å². The monoisotopic (exact) mass is 446 g/mol. The number of anilines is 3. The summed E-state index contributed by atoms with van der Waals surface area (Å²) in [4.78, 5) is 20.8. The summed E-state index contributed by atoms with van der Waals surface area (Å²) in [7, 11) is 0. The average Bonchev–Trinajstić information content (AvgIpc) is 3.15. The van der Waals surface area contributed by atoms with Gasteiger partial charge >= 0.3 is 0 Å². The molecule has 0 radical (unpaired) electrons. The molecule has 4 aromatic rings. The van der Waals surface area contributed by atoms with Gasteiger partial charge < -0.3 is 10.6 Å². The lowest BCUT2D eigenvalue weighted by atomic mass is 10.2. The van der Waals surface area contributed by atoms with Crippen LogP contribution in [-0.4, -0.2) is 54.6 Å². The molecule has 0 saturated heterocycles. The van der Waals surface area contributed by atoms with E-state index in [-0.39, 0.29) is 6.04 Å². The van der Waals surface area contributed by atoms with Crippen molar-refractivity contribution in [3.05, 3.63) is 42.9 Å². The predicted molar refractivity (Wildman–Crippen MR) is 136 cm³/mol. The zero-order valence-electron chi connectivity index (χ0n) is 20.4. The van der Waals surface area contributed by atoms with Crippen molar-refractivity contribution in [1.29, 1.82) is 0 Å². The largest absolute Gasteiger partial charge is 0.367 e. The normalized spacial score (nSPS) is 12.1. The van der Waals surface area contributed by atoms with Gasteiger partial charge in [0, 0.05) is 48.5 Å². The lowest BCUT2D eigenvalue weighted by molar-refractivity contribution is 0.182. The second-order valence-electron chi connectivity index (χ2n) is 9.18. The van der Waals surface area contributed by atoms with E-state index in [0.717, 1.165) is 52.6 Å². The van der Waals surface area contributed by atoms with Crippen LogP contribution in [0, 0.1) is 0 Å². The van der Waals surface area contributed by atoms with E-state index in [9.17, 15) is 0 Å². The third-order valence-corrected chi connectivity index (χ3v) is 5.84. The molecule has 0 spiro atoms. The van der Waals surface area contributed by atoms with Crippen LogP contribution in [0.15, 0.2) is 42.9 Å². The highest BCUT2D eigenvalue weighted by Gasteiger charge is 2.19. The standard InChI is InChI=1S/C25H34N8/c1-16(2)32(17(3)4)13-12-27-23-22-24(29-15-28-23)33(18(5)6)25(31-22)30-20-9-10-21-19(14-20)8-7-11-26-21/h7-11,14-18H,12-13H2,1-6H3,(H,30,31)(H,27,28,29). The van der Waals surface area contributed by atoms with Crippen molar-refractivity contribution in [2.45, 2.75) is 59.7 Å². The number of pyridine rings is 1.